The molecule has 0 aliphatic carbocycles. The number of carbonyl (C=O) groups excluding carboxylic acids is 2. The van der Waals surface area contributed by atoms with Crippen molar-refractivity contribution >= 4 is 11.9 Å². The van der Waals surface area contributed by atoms with Gasteiger partial charge in [0.25, 0.3) is 0 Å². The summed E-state index contributed by atoms with van der Waals surface area (Å²) >= 11 is 0. The molecule has 0 bridgehead atoms. The van der Waals surface area contributed by atoms with E-state index in [0.717, 1.165) is 6.42 Å². The van der Waals surface area contributed by atoms with E-state index in [1.165, 1.54) is 0 Å². The van der Waals surface area contributed by atoms with Crippen LogP contribution in [-0.4, -0.2) is 35.5 Å². The summed E-state index contributed by atoms with van der Waals surface area (Å²) in [5.41, 5.74) is -0.484. The van der Waals surface area contributed by atoms with Gasteiger partial charge in [0, 0.05) is 19.0 Å². The van der Waals surface area contributed by atoms with Crippen LogP contribution in [0.3, 0.4) is 0 Å². The fourth-order valence-electron chi connectivity index (χ4n) is 1.79. The first-order chi connectivity index (χ1) is 7.83. The average Bonchev–Trinajstić information content (AvgIpc) is 2.63. The van der Waals surface area contributed by atoms with Gasteiger partial charge < -0.3 is 9.64 Å². The van der Waals surface area contributed by atoms with Crippen molar-refractivity contribution in [3.8, 4) is 0 Å². The maximum atomic E-state index is 11.8. The zero-order valence-electron chi connectivity index (χ0n) is 11.0. The Morgan fingerprint density at radius 3 is 2.53 bits per heavy atom. The molecule has 0 unspecified atom stereocenters. The van der Waals surface area contributed by atoms with E-state index in [4.69, 9.17) is 4.74 Å². The van der Waals surface area contributed by atoms with Gasteiger partial charge in [-0.15, -0.1) is 0 Å². The van der Waals surface area contributed by atoms with Gasteiger partial charge in [0.05, 0.1) is 0 Å². The number of nitrogens with zero attached hydrogens (tertiary/aromatic N) is 1. The Morgan fingerprint density at radius 1 is 1.35 bits per heavy atom. The Balaban J connectivity index is 2.50. The molecule has 0 saturated carbocycles. The lowest BCUT2D eigenvalue weighted by atomic mass is 10.0. The lowest BCUT2D eigenvalue weighted by Gasteiger charge is -2.24. The highest BCUT2D eigenvalue weighted by Crippen LogP contribution is 2.20. The topological polar surface area (TPSA) is 46.6 Å². The highest BCUT2D eigenvalue weighted by atomic mass is 16.6. The van der Waals surface area contributed by atoms with Crippen molar-refractivity contribution < 1.29 is 14.3 Å². The van der Waals surface area contributed by atoms with E-state index in [9.17, 15) is 9.59 Å². The van der Waals surface area contributed by atoms with E-state index in [2.05, 4.69) is 0 Å². The number of amides is 1. The number of carbonyl (C=O) groups is 2. The van der Waals surface area contributed by atoms with Crippen LogP contribution in [0.4, 0.5) is 4.79 Å². The zero-order valence-corrected chi connectivity index (χ0v) is 11.0. The van der Waals surface area contributed by atoms with Crippen LogP contribution in [0.1, 0.15) is 34.1 Å². The monoisotopic (exact) mass is 239 g/mol. The molecule has 1 saturated heterocycles. The number of allylic oxidation sites excluding steroid dienone is 2. The molecular formula is C13H21NO3. The molecule has 1 heterocycles. The number of hydrogen-bond acceptors (Lipinski definition) is 3. The predicted octanol–water partition coefficient (Wildman–Crippen LogP) is 2.39. The Bertz CT molecular complexity index is 328. The fraction of sp³-hybridized carbons (Fsp3) is 0.692. The Hall–Kier alpha value is -1.32. The van der Waals surface area contributed by atoms with E-state index in [0.29, 0.717) is 13.1 Å². The van der Waals surface area contributed by atoms with Crippen molar-refractivity contribution in [2.75, 3.05) is 13.1 Å². The van der Waals surface area contributed by atoms with Crippen molar-refractivity contribution in [3.63, 3.8) is 0 Å². The van der Waals surface area contributed by atoms with Crippen LogP contribution in [0.2, 0.25) is 0 Å². The standard InChI is InChI=1S/C13H21NO3/c1-5-6-11(15)10-7-8-14(9-10)12(16)17-13(2,3)4/h5-6,10H,7-9H2,1-4H3/t10-/m0/s1. The minimum Gasteiger partial charge on any atom is -0.444 e. The van der Waals surface area contributed by atoms with Crippen molar-refractivity contribution in [2.24, 2.45) is 5.92 Å². The number of rotatable bonds is 2. The lowest BCUT2D eigenvalue weighted by Crippen LogP contribution is -2.35. The molecule has 0 spiro atoms. The molecule has 17 heavy (non-hydrogen) atoms. The van der Waals surface area contributed by atoms with Crippen molar-refractivity contribution in [3.05, 3.63) is 12.2 Å². The second kappa shape index (κ2) is 5.34. The Morgan fingerprint density at radius 2 is 2.00 bits per heavy atom. The summed E-state index contributed by atoms with van der Waals surface area (Å²) in [6.07, 6.45) is 3.71. The summed E-state index contributed by atoms with van der Waals surface area (Å²) in [6.45, 7) is 8.40. The SMILES string of the molecule is CC=CC(=O)[C@H]1CCN(C(=O)OC(C)(C)C)C1. The summed E-state index contributed by atoms with van der Waals surface area (Å²) in [6, 6.07) is 0. The van der Waals surface area contributed by atoms with Gasteiger partial charge in [0.2, 0.25) is 0 Å². The van der Waals surface area contributed by atoms with E-state index in [1.807, 2.05) is 27.7 Å². The number of ketones is 1. The van der Waals surface area contributed by atoms with Gasteiger partial charge in [-0.3, -0.25) is 4.79 Å². The van der Waals surface area contributed by atoms with Gasteiger partial charge in [-0.05, 0) is 40.2 Å². The number of ether oxygens (including phenoxy) is 1. The van der Waals surface area contributed by atoms with E-state index in [-0.39, 0.29) is 17.8 Å². The smallest absolute Gasteiger partial charge is 0.410 e. The first-order valence-electron chi connectivity index (χ1n) is 5.98. The van der Waals surface area contributed by atoms with Gasteiger partial charge in [-0.1, -0.05) is 6.08 Å². The van der Waals surface area contributed by atoms with Crippen LogP contribution in [0.15, 0.2) is 12.2 Å². The first kappa shape index (κ1) is 13.7. The third-order valence-corrected chi connectivity index (χ3v) is 2.57. The molecule has 4 heteroatoms. The molecule has 0 radical (unpaired) electrons. The highest BCUT2D eigenvalue weighted by Gasteiger charge is 2.32. The largest absolute Gasteiger partial charge is 0.444 e. The summed E-state index contributed by atoms with van der Waals surface area (Å²) in [5.74, 6) is 0.0253. The normalized spacial score (nSPS) is 20.9. The minimum atomic E-state index is -0.484. The maximum Gasteiger partial charge on any atom is 0.410 e. The Labute approximate surface area is 103 Å². The summed E-state index contributed by atoms with van der Waals surface area (Å²) in [7, 11) is 0. The minimum absolute atomic E-state index is 0.0706. The molecule has 96 valence electrons. The number of likely N-dealkylation sites (tertiary alicyclic amines) is 1. The summed E-state index contributed by atoms with van der Waals surface area (Å²) < 4.78 is 5.27. The molecule has 1 rings (SSSR count). The molecule has 1 fully saturated rings. The molecule has 4 nitrogen and oxygen atoms in total. The third kappa shape index (κ3) is 4.21. The highest BCUT2D eigenvalue weighted by molar-refractivity contribution is 5.92. The summed E-state index contributed by atoms with van der Waals surface area (Å²) in [4.78, 5) is 25.0. The van der Waals surface area contributed by atoms with Crippen LogP contribution in [0, 0.1) is 5.92 Å². The van der Waals surface area contributed by atoms with Crippen LogP contribution in [0.5, 0.6) is 0 Å². The molecule has 0 N–H and O–H groups in total. The van der Waals surface area contributed by atoms with Gasteiger partial charge >= 0.3 is 6.09 Å². The Kier molecular flexibility index (Phi) is 4.32. The van der Waals surface area contributed by atoms with E-state index < -0.39 is 5.60 Å². The quantitative estimate of drug-likeness (QED) is 0.695. The van der Waals surface area contributed by atoms with Gasteiger partial charge in [0.15, 0.2) is 5.78 Å². The lowest BCUT2D eigenvalue weighted by molar-refractivity contribution is -0.117. The van der Waals surface area contributed by atoms with Crippen LogP contribution in [-0.2, 0) is 9.53 Å². The summed E-state index contributed by atoms with van der Waals surface area (Å²) in [5, 5.41) is 0. The molecular weight excluding hydrogens is 218 g/mol. The first-order valence-corrected chi connectivity index (χ1v) is 5.98. The van der Waals surface area contributed by atoms with E-state index in [1.54, 1.807) is 17.1 Å². The van der Waals surface area contributed by atoms with Gasteiger partial charge in [-0.25, -0.2) is 4.79 Å². The van der Waals surface area contributed by atoms with Crippen LogP contribution >= 0.6 is 0 Å². The maximum absolute atomic E-state index is 11.8. The fourth-order valence-corrected chi connectivity index (χ4v) is 1.79. The van der Waals surface area contributed by atoms with Crippen molar-refractivity contribution in [1.82, 2.24) is 4.90 Å². The average molecular weight is 239 g/mol. The molecule has 0 aromatic heterocycles. The van der Waals surface area contributed by atoms with Gasteiger partial charge in [-0.2, -0.15) is 0 Å². The molecule has 1 aliphatic rings. The molecule has 1 amide bonds. The zero-order chi connectivity index (χ0) is 13.1. The predicted molar refractivity (Wildman–Crippen MR) is 65.7 cm³/mol. The second-order valence-electron chi connectivity index (χ2n) is 5.31. The molecule has 1 aliphatic heterocycles. The molecule has 1 atom stereocenters. The molecule has 0 aromatic carbocycles. The van der Waals surface area contributed by atoms with Crippen molar-refractivity contribution in [1.29, 1.82) is 0 Å². The van der Waals surface area contributed by atoms with Gasteiger partial charge in [0.1, 0.15) is 5.60 Å². The second-order valence-corrected chi connectivity index (χ2v) is 5.31. The van der Waals surface area contributed by atoms with E-state index >= 15 is 0 Å². The van der Waals surface area contributed by atoms with Crippen molar-refractivity contribution in [2.45, 2.75) is 39.7 Å². The third-order valence-electron chi connectivity index (χ3n) is 2.57. The van der Waals surface area contributed by atoms with Crippen LogP contribution in [0.25, 0.3) is 0 Å². The molecule has 0 aromatic rings. The van der Waals surface area contributed by atoms with Crippen LogP contribution < -0.4 is 0 Å². The number of hydrogen-bond donors (Lipinski definition) is 0.